The van der Waals surface area contributed by atoms with Crippen molar-refractivity contribution in [2.75, 3.05) is 19.0 Å². The Balaban J connectivity index is 3.71. The molecule has 0 aliphatic carbocycles. The zero-order chi connectivity index (χ0) is 12.9. The maximum Gasteiger partial charge on any atom is 0.457 e. The van der Waals surface area contributed by atoms with Gasteiger partial charge in [-0.2, -0.15) is 0 Å². The zero-order valence-corrected chi connectivity index (χ0v) is 12.2. The van der Waals surface area contributed by atoms with E-state index in [2.05, 4.69) is 13.8 Å². The highest BCUT2D eigenvalue weighted by molar-refractivity contribution is 8.13. The molecule has 0 radical (unpaired) electrons. The molecule has 0 amide bonds. The molecule has 0 aromatic rings. The van der Waals surface area contributed by atoms with Gasteiger partial charge in [-0.1, -0.05) is 38.5 Å². The number of carbonyl (C=O) groups is 1. The highest BCUT2D eigenvalue weighted by atomic mass is 32.2. The van der Waals surface area contributed by atoms with E-state index in [1.807, 2.05) is 0 Å². The molecular weight excluding hydrogens is 235 g/mol. The van der Waals surface area contributed by atoms with Gasteiger partial charge < -0.3 is 9.31 Å². The Hall–Kier alpha value is 0.00494. The summed E-state index contributed by atoms with van der Waals surface area (Å²) in [6.07, 6.45) is 5.17. The summed E-state index contributed by atoms with van der Waals surface area (Å²) in [6, 6.07) is 0. The molecule has 0 saturated carbocycles. The van der Waals surface area contributed by atoms with Gasteiger partial charge in [-0.15, -0.1) is 0 Å². The highest BCUT2D eigenvalue weighted by Crippen LogP contribution is 2.09. The van der Waals surface area contributed by atoms with Crippen molar-refractivity contribution < 1.29 is 14.1 Å². The molecule has 0 spiro atoms. The lowest BCUT2D eigenvalue weighted by Gasteiger charge is -2.14. The lowest BCUT2D eigenvalue weighted by molar-refractivity contribution is -0.109. The molecule has 0 fully saturated rings. The van der Waals surface area contributed by atoms with Gasteiger partial charge in [0.1, 0.15) is 0 Å². The molecule has 17 heavy (non-hydrogen) atoms. The maximum atomic E-state index is 10.8. The van der Waals surface area contributed by atoms with E-state index in [1.54, 1.807) is 6.92 Å². The number of hydrogen-bond donors (Lipinski definition) is 0. The Morgan fingerprint density at radius 3 is 2.06 bits per heavy atom. The Kier molecular flexibility index (Phi) is 12.5. The van der Waals surface area contributed by atoms with Crippen LogP contribution in [-0.2, 0) is 14.1 Å². The van der Waals surface area contributed by atoms with Crippen LogP contribution >= 0.6 is 11.8 Å². The van der Waals surface area contributed by atoms with Crippen LogP contribution in [0.4, 0.5) is 0 Å². The van der Waals surface area contributed by atoms with Crippen LogP contribution in [0.2, 0.25) is 6.32 Å². The summed E-state index contributed by atoms with van der Waals surface area (Å²) in [5.74, 6) is 0.776. The van der Waals surface area contributed by atoms with E-state index in [0.717, 1.165) is 51.0 Å². The van der Waals surface area contributed by atoms with Crippen LogP contribution in [0.3, 0.4) is 0 Å². The fraction of sp³-hybridized carbons (Fsp3) is 0.917. The second-order valence-electron chi connectivity index (χ2n) is 4.01. The molecule has 0 bridgehead atoms. The molecular formula is C12H25BO3S. The summed E-state index contributed by atoms with van der Waals surface area (Å²) in [6.45, 7) is 7.37. The van der Waals surface area contributed by atoms with Crippen molar-refractivity contribution in [1.29, 1.82) is 0 Å². The molecule has 0 aromatic carbocycles. The van der Waals surface area contributed by atoms with Gasteiger partial charge in [0.25, 0.3) is 0 Å². The number of unbranched alkanes of at least 4 members (excludes halogenated alkanes) is 2. The SMILES string of the molecule is CCCCOB(CCSC(C)=O)OCCCC. The lowest BCUT2D eigenvalue weighted by atomic mass is 9.85. The average Bonchev–Trinajstić information content (AvgIpc) is 2.28. The fourth-order valence-electron chi connectivity index (χ4n) is 1.23. The Morgan fingerprint density at radius 1 is 1.12 bits per heavy atom. The van der Waals surface area contributed by atoms with Crippen LogP contribution in [0, 0.1) is 0 Å². The second kappa shape index (κ2) is 12.5. The Bertz CT molecular complexity index is 181. The molecule has 0 aromatic heterocycles. The predicted molar refractivity (Wildman–Crippen MR) is 75.4 cm³/mol. The van der Waals surface area contributed by atoms with Crippen LogP contribution in [0.5, 0.6) is 0 Å². The van der Waals surface area contributed by atoms with Gasteiger partial charge in [0, 0.05) is 20.1 Å². The molecule has 0 aliphatic heterocycles. The van der Waals surface area contributed by atoms with Crippen molar-refractivity contribution in [3.8, 4) is 0 Å². The number of thioether (sulfide) groups is 1. The molecule has 5 heteroatoms. The van der Waals surface area contributed by atoms with E-state index in [1.165, 1.54) is 11.8 Å². The number of hydrogen-bond acceptors (Lipinski definition) is 4. The van der Waals surface area contributed by atoms with Gasteiger partial charge >= 0.3 is 7.12 Å². The van der Waals surface area contributed by atoms with Gasteiger partial charge in [0.15, 0.2) is 5.12 Å². The summed E-state index contributed by atoms with van der Waals surface area (Å²) in [5, 5.41) is 0.158. The lowest BCUT2D eigenvalue weighted by Crippen LogP contribution is -2.25. The quantitative estimate of drug-likeness (QED) is 0.421. The van der Waals surface area contributed by atoms with Crippen LogP contribution in [0.25, 0.3) is 0 Å². The second-order valence-corrected chi connectivity index (χ2v) is 5.28. The van der Waals surface area contributed by atoms with Gasteiger partial charge in [0.2, 0.25) is 0 Å². The first kappa shape index (κ1) is 17.0. The third kappa shape index (κ3) is 12.3. The van der Waals surface area contributed by atoms with Crippen LogP contribution in [-0.4, -0.2) is 31.2 Å². The Morgan fingerprint density at radius 2 is 1.65 bits per heavy atom. The number of carbonyl (C=O) groups excluding carboxylic acids is 1. The fourth-order valence-corrected chi connectivity index (χ4v) is 1.83. The topological polar surface area (TPSA) is 35.5 Å². The highest BCUT2D eigenvalue weighted by Gasteiger charge is 2.17. The third-order valence-electron chi connectivity index (χ3n) is 2.26. The molecule has 0 rings (SSSR count). The van der Waals surface area contributed by atoms with E-state index in [4.69, 9.17) is 9.31 Å². The molecule has 100 valence electrons. The molecule has 0 atom stereocenters. The monoisotopic (exact) mass is 260 g/mol. The smallest absolute Gasteiger partial charge is 0.411 e. The first-order valence-corrected chi connectivity index (χ1v) is 7.55. The first-order chi connectivity index (χ1) is 8.20. The molecule has 0 N–H and O–H groups in total. The standard InChI is InChI=1S/C12H25BO3S/c1-4-6-9-15-13(16-10-7-5-2)8-11-17-12(3)14/h4-11H2,1-3H3. The van der Waals surface area contributed by atoms with Gasteiger partial charge in [-0.05, 0) is 24.9 Å². The van der Waals surface area contributed by atoms with E-state index in [9.17, 15) is 4.79 Å². The predicted octanol–water partition coefficient (Wildman–Crippen LogP) is 3.39. The zero-order valence-electron chi connectivity index (χ0n) is 11.4. The summed E-state index contributed by atoms with van der Waals surface area (Å²) < 4.78 is 11.3. The van der Waals surface area contributed by atoms with Crippen molar-refractivity contribution in [3.63, 3.8) is 0 Å². The van der Waals surface area contributed by atoms with E-state index in [-0.39, 0.29) is 12.2 Å². The van der Waals surface area contributed by atoms with Crippen molar-refractivity contribution in [2.24, 2.45) is 0 Å². The molecule has 0 aliphatic rings. The average molecular weight is 260 g/mol. The summed E-state index contributed by atoms with van der Waals surface area (Å²) in [4.78, 5) is 10.8. The minimum absolute atomic E-state index is 0.139. The third-order valence-corrected chi connectivity index (χ3v) is 3.11. The van der Waals surface area contributed by atoms with E-state index >= 15 is 0 Å². The number of rotatable bonds is 11. The van der Waals surface area contributed by atoms with E-state index < -0.39 is 0 Å². The minimum Gasteiger partial charge on any atom is -0.411 e. The first-order valence-electron chi connectivity index (χ1n) is 6.57. The molecule has 0 heterocycles. The Labute approximate surface area is 110 Å². The van der Waals surface area contributed by atoms with Crippen molar-refractivity contribution in [3.05, 3.63) is 0 Å². The molecule has 0 unspecified atom stereocenters. The summed E-state index contributed by atoms with van der Waals surface area (Å²) in [7, 11) is -0.139. The van der Waals surface area contributed by atoms with Crippen LogP contribution < -0.4 is 0 Å². The normalized spacial score (nSPS) is 10.5. The van der Waals surface area contributed by atoms with Gasteiger partial charge in [0.05, 0.1) is 0 Å². The van der Waals surface area contributed by atoms with Crippen LogP contribution in [0.15, 0.2) is 0 Å². The van der Waals surface area contributed by atoms with Crippen molar-refractivity contribution in [2.45, 2.75) is 52.8 Å². The summed E-state index contributed by atoms with van der Waals surface area (Å²) in [5.41, 5.74) is 0. The van der Waals surface area contributed by atoms with Gasteiger partial charge in [-0.25, -0.2) is 0 Å². The van der Waals surface area contributed by atoms with Crippen LogP contribution in [0.1, 0.15) is 46.5 Å². The molecule has 0 saturated heterocycles. The van der Waals surface area contributed by atoms with Crippen molar-refractivity contribution >= 4 is 24.0 Å². The van der Waals surface area contributed by atoms with E-state index in [0.29, 0.717) is 0 Å². The maximum absolute atomic E-state index is 10.8. The summed E-state index contributed by atoms with van der Waals surface area (Å²) >= 11 is 1.34. The van der Waals surface area contributed by atoms with Gasteiger partial charge in [-0.3, -0.25) is 4.79 Å². The minimum atomic E-state index is -0.139. The molecule has 3 nitrogen and oxygen atoms in total. The largest absolute Gasteiger partial charge is 0.457 e. The van der Waals surface area contributed by atoms with Crippen molar-refractivity contribution in [1.82, 2.24) is 0 Å².